The minimum atomic E-state index is 0.262. The summed E-state index contributed by atoms with van der Waals surface area (Å²) in [5, 5.41) is 3.47. The van der Waals surface area contributed by atoms with Gasteiger partial charge in [-0.15, -0.1) is 0 Å². The second kappa shape index (κ2) is 8.59. The lowest BCUT2D eigenvalue weighted by molar-refractivity contribution is 0.0680. The van der Waals surface area contributed by atoms with Crippen molar-refractivity contribution in [2.75, 3.05) is 25.1 Å². The number of hydrogen-bond acceptors (Lipinski definition) is 3. The summed E-state index contributed by atoms with van der Waals surface area (Å²) in [6.45, 7) is 2.48. The third-order valence-corrected chi connectivity index (χ3v) is 4.11. The molecule has 0 spiro atoms. The van der Waals surface area contributed by atoms with Crippen LogP contribution in [0.15, 0.2) is 54.6 Å². The molecule has 0 saturated carbocycles. The molecule has 3 nitrogen and oxygen atoms in total. The molecule has 122 valence electrons. The number of aryl methyl sites for hydroxylation is 1. The Hall–Kier alpha value is -2.00. The van der Waals surface area contributed by atoms with E-state index in [1.165, 1.54) is 5.56 Å². The van der Waals surface area contributed by atoms with Crippen molar-refractivity contribution in [2.24, 2.45) is 0 Å². The summed E-state index contributed by atoms with van der Waals surface area (Å²) < 4.78 is 11.4. The van der Waals surface area contributed by atoms with E-state index in [1.54, 1.807) is 0 Å². The van der Waals surface area contributed by atoms with Crippen LogP contribution < -0.4 is 10.1 Å². The second-order valence-electron chi connectivity index (χ2n) is 5.99. The highest BCUT2D eigenvalue weighted by Crippen LogP contribution is 2.19. The molecule has 1 unspecified atom stereocenters. The van der Waals surface area contributed by atoms with Gasteiger partial charge in [0.25, 0.3) is 0 Å². The number of benzene rings is 2. The topological polar surface area (TPSA) is 30.5 Å². The predicted octanol–water partition coefficient (Wildman–Crippen LogP) is 4.29. The minimum Gasteiger partial charge on any atom is -0.491 e. The smallest absolute Gasteiger partial charge is 0.121 e. The molecule has 2 aromatic carbocycles. The fourth-order valence-electron chi connectivity index (χ4n) is 2.83. The molecule has 0 radical (unpaired) electrons. The van der Waals surface area contributed by atoms with E-state index in [4.69, 9.17) is 9.47 Å². The Morgan fingerprint density at radius 1 is 1.09 bits per heavy atom. The Labute approximate surface area is 138 Å². The van der Waals surface area contributed by atoms with E-state index in [9.17, 15) is 0 Å². The summed E-state index contributed by atoms with van der Waals surface area (Å²) in [7, 11) is 0. The van der Waals surface area contributed by atoms with E-state index in [1.807, 2.05) is 12.1 Å². The first kappa shape index (κ1) is 15.9. The fourth-order valence-corrected chi connectivity index (χ4v) is 2.83. The Morgan fingerprint density at radius 2 is 2.00 bits per heavy atom. The van der Waals surface area contributed by atoms with Crippen LogP contribution in [-0.2, 0) is 11.2 Å². The molecule has 1 aliphatic heterocycles. The van der Waals surface area contributed by atoms with Gasteiger partial charge in [0, 0.05) is 24.9 Å². The maximum atomic E-state index is 5.84. The molecule has 0 aromatic heterocycles. The lowest BCUT2D eigenvalue weighted by Gasteiger charge is -2.13. The zero-order valence-corrected chi connectivity index (χ0v) is 13.5. The van der Waals surface area contributed by atoms with Gasteiger partial charge in [-0.05, 0) is 43.4 Å². The number of anilines is 1. The van der Waals surface area contributed by atoms with Crippen LogP contribution in [-0.4, -0.2) is 25.9 Å². The number of nitrogens with one attached hydrogen (secondary N) is 1. The Balaban J connectivity index is 1.40. The molecule has 1 fully saturated rings. The van der Waals surface area contributed by atoms with Crippen LogP contribution in [0.5, 0.6) is 5.75 Å². The summed E-state index contributed by atoms with van der Waals surface area (Å²) in [4.78, 5) is 0. The van der Waals surface area contributed by atoms with E-state index >= 15 is 0 Å². The van der Waals surface area contributed by atoms with Crippen LogP contribution in [0.3, 0.4) is 0 Å². The summed E-state index contributed by atoms with van der Waals surface area (Å²) in [6, 6.07) is 18.8. The second-order valence-corrected chi connectivity index (χ2v) is 5.99. The van der Waals surface area contributed by atoms with Gasteiger partial charge in [-0.1, -0.05) is 36.4 Å². The molecule has 3 rings (SSSR count). The lowest BCUT2D eigenvalue weighted by atomic mass is 10.1. The monoisotopic (exact) mass is 311 g/mol. The van der Waals surface area contributed by atoms with Crippen molar-refractivity contribution >= 4 is 5.69 Å². The quantitative estimate of drug-likeness (QED) is 0.738. The summed E-state index contributed by atoms with van der Waals surface area (Å²) in [6.07, 6.45) is 4.74. The van der Waals surface area contributed by atoms with Gasteiger partial charge in [-0.2, -0.15) is 0 Å². The maximum Gasteiger partial charge on any atom is 0.121 e. The molecule has 2 aromatic rings. The number of rotatable bonds is 8. The van der Waals surface area contributed by atoms with Crippen molar-refractivity contribution in [3.8, 4) is 5.75 Å². The van der Waals surface area contributed by atoms with Crippen LogP contribution in [0.2, 0.25) is 0 Å². The zero-order valence-electron chi connectivity index (χ0n) is 13.5. The molecule has 3 heteroatoms. The predicted molar refractivity (Wildman–Crippen MR) is 94.2 cm³/mol. The van der Waals surface area contributed by atoms with Crippen LogP contribution in [0.25, 0.3) is 0 Å². The van der Waals surface area contributed by atoms with Gasteiger partial charge in [-0.25, -0.2) is 0 Å². The molecule has 1 atom stereocenters. The maximum absolute atomic E-state index is 5.84. The van der Waals surface area contributed by atoms with Crippen molar-refractivity contribution in [1.82, 2.24) is 0 Å². The number of ether oxygens (including phenoxy) is 2. The van der Waals surface area contributed by atoms with Crippen molar-refractivity contribution in [1.29, 1.82) is 0 Å². The summed E-state index contributed by atoms with van der Waals surface area (Å²) >= 11 is 0. The molecular formula is C20H25NO2. The van der Waals surface area contributed by atoms with Gasteiger partial charge < -0.3 is 14.8 Å². The summed E-state index contributed by atoms with van der Waals surface area (Å²) in [5.74, 6) is 0.911. The standard InChI is InChI=1S/C20H25NO2/c1-2-7-17(8-3-1)9-5-13-21-18-10-4-11-19(15-18)23-16-20-12-6-14-22-20/h1-4,7-8,10-11,15,20-21H,5-6,9,12-14,16H2. The van der Waals surface area contributed by atoms with Gasteiger partial charge in [0.05, 0.1) is 6.10 Å². The van der Waals surface area contributed by atoms with Gasteiger partial charge in [0.1, 0.15) is 12.4 Å². The van der Waals surface area contributed by atoms with Gasteiger partial charge in [-0.3, -0.25) is 0 Å². The van der Waals surface area contributed by atoms with Gasteiger partial charge in [0.2, 0.25) is 0 Å². The minimum absolute atomic E-state index is 0.262. The van der Waals surface area contributed by atoms with Crippen LogP contribution in [0, 0.1) is 0 Å². The van der Waals surface area contributed by atoms with Gasteiger partial charge in [0.15, 0.2) is 0 Å². The average Bonchev–Trinajstić information content (AvgIpc) is 3.12. The molecule has 0 bridgehead atoms. The van der Waals surface area contributed by atoms with Crippen LogP contribution in [0.4, 0.5) is 5.69 Å². The van der Waals surface area contributed by atoms with E-state index in [-0.39, 0.29) is 6.10 Å². The first-order valence-corrected chi connectivity index (χ1v) is 8.52. The zero-order chi connectivity index (χ0) is 15.7. The van der Waals surface area contributed by atoms with Gasteiger partial charge >= 0.3 is 0 Å². The molecule has 1 aliphatic rings. The largest absolute Gasteiger partial charge is 0.491 e. The average molecular weight is 311 g/mol. The first-order valence-electron chi connectivity index (χ1n) is 8.52. The molecule has 1 heterocycles. The van der Waals surface area contributed by atoms with Crippen molar-refractivity contribution < 1.29 is 9.47 Å². The molecule has 23 heavy (non-hydrogen) atoms. The first-order chi connectivity index (χ1) is 11.4. The highest BCUT2D eigenvalue weighted by molar-refractivity contribution is 5.48. The highest BCUT2D eigenvalue weighted by Gasteiger charge is 2.15. The van der Waals surface area contributed by atoms with E-state index in [0.29, 0.717) is 6.61 Å². The Morgan fingerprint density at radius 3 is 2.83 bits per heavy atom. The molecule has 0 aliphatic carbocycles. The fraction of sp³-hybridized carbons (Fsp3) is 0.400. The molecule has 0 amide bonds. The molecule has 1 saturated heterocycles. The SMILES string of the molecule is c1ccc(CCCNc2cccc(OCC3CCCO3)c2)cc1. The summed E-state index contributed by atoms with van der Waals surface area (Å²) in [5.41, 5.74) is 2.51. The Bertz CT molecular complexity index is 579. The molecule has 1 N–H and O–H groups in total. The van der Waals surface area contributed by atoms with Crippen molar-refractivity contribution in [3.63, 3.8) is 0 Å². The van der Waals surface area contributed by atoms with Crippen LogP contribution in [0.1, 0.15) is 24.8 Å². The van der Waals surface area contributed by atoms with E-state index in [0.717, 1.165) is 50.3 Å². The normalized spacial score (nSPS) is 17.1. The van der Waals surface area contributed by atoms with E-state index in [2.05, 4.69) is 47.8 Å². The third kappa shape index (κ3) is 5.29. The van der Waals surface area contributed by atoms with Crippen molar-refractivity contribution in [2.45, 2.75) is 31.8 Å². The lowest BCUT2D eigenvalue weighted by Crippen LogP contribution is -2.16. The van der Waals surface area contributed by atoms with Crippen molar-refractivity contribution in [3.05, 3.63) is 60.2 Å². The van der Waals surface area contributed by atoms with E-state index < -0.39 is 0 Å². The molecular weight excluding hydrogens is 286 g/mol. The van der Waals surface area contributed by atoms with Crippen LogP contribution >= 0.6 is 0 Å². The number of hydrogen-bond donors (Lipinski definition) is 1. The third-order valence-electron chi connectivity index (χ3n) is 4.11. The highest BCUT2D eigenvalue weighted by atomic mass is 16.5. The Kier molecular flexibility index (Phi) is 5.93.